The van der Waals surface area contributed by atoms with Gasteiger partial charge in [-0.05, 0) is 43.2 Å². The Hall–Kier alpha value is -3.53. The van der Waals surface area contributed by atoms with Crippen LogP contribution in [-0.4, -0.2) is 79.9 Å². The van der Waals surface area contributed by atoms with Crippen molar-refractivity contribution in [2.45, 2.75) is 19.3 Å². The van der Waals surface area contributed by atoms with Crippen LogP contribution in [0.1, 0.15) is 40.0 Å². The molecule has 2 saturated heterocycles. The molecule has 2 aromatic rings. The molecule has 5 rings (SSSR count). The maximum atomic E-state index is 13.7. The molecule has 0 atom stereocenters. The summed E-state index contributed by atoms with van der Waals surface area (Å²) in [6.45, 7) is 4.87. The molecule has 1 aliphatic carbocycles. The van der Waals surface area contributed by atoms with E-state index in [4.69, 9.17) is 0 Å². The molecule has 8 nitrogen and oxygen atoms in total. The molecular formula is C27H31F2N5O3. The molecule has 3 amide bonds. The normalized spacial score (nSPS) is 18.4. The molecule has 0 radical (unpaired) electrons. The van der Waals surface area contributed by atoms with Crippen molar-refractivity contribution in [3.05, 3.63) is 59.2 Å². The number of nitrogens with one attached hydrogen (secondary N) is 2. The number of benzene rings is 2. The van der Waals surface area contributed by atoms with Crippen LogP contribution in [0.5, 0.6) is 0 Å². The quantitative estimate of drug-likeness (QED) is 0.645. The van der Waals surface area contributed by atoms with Gasteiger partial charge in [-0.2, -0.15) is 0 Å². The Morgan fingerprint density at radius 1 is 0.811 bits per heavy atom. The first-order valence-electron chi connectivity index (χ1n) is 12.8. The van der Waals surface area contributed by atoms with Crippen molar-refractivity contribution >= 4 is 29.1 Å². The van der Waals surface area contributed by atoms with E-state index in [2.05, 4.69) is 15.5 Å². The molecule has 37 heavy (non-hydrogen) atoms. The number of hydrogen-bond donors (Lipinski definition) is 2. The highest BCUT2D eigenvalue weighted by Gasteiger charge is 2.32. The van der Waals surface area contributed by atoms with Crippen LogP contribution in [0.3, 0.4) is 0 Å². The van der Waals surface area contributed by atoms with Crippen LogP contribution in [0.4, 0.5) is 20.2 Å². The first-order chi connectivity index (χ1) is 17.9. The lowest BCUT2D eigenvalue weighted by Gasteiger charge is -2.39. The summed E-state index contributed by atoms with van der Waals surface area (Å²) < 4.78 is 27.5. The van der Waals surface area contributed by atoms with Crippen molar-refractivity contribution in [1.29, 1.82) is 0 Å². The van der Waals surface area contributed by atoms with Gasteiger partial charge < -0.3 is 25.3 Å². The fourth-order valence-corrected chi connectivity index (χ4v) is 5.06. The van der Waals surface area contributed by atoms with E-state index in [9.17, 15) is 23.2 Å². The third-order valence-electron chi connectivity index (χ3n) is 7.41. The van der Waals surface area contributed by atoms with E-state index in [-0.39, 0.29) is 23.3 Å². The zero-order chi connectivity index (χ0) is 25.9. The average Bonchev–Trinajstić information content (AvgIpc) is 2.87. The molecule has 10 heteroatoms. The van der Waals surface area contributed by atoms with Crippen LogP contribution in [0.15, 0.2) is 36.4 Å². The number of carbonyl (C=O) groups is 3. The summed E-state index contributed by atoms with van der Waals surface area (Å²) in [6, 6.07) is 7.81. The van der Waals surface area contributed by atoms with E-state index < -0.39 is 17.5 Å². The summed E-state index contributed by atoms with van der Waals surface area (Å²) >= 11 is 0. The van der Waals surface area contributed by atoms with E-state index in [1.165, 1.54) is 0 Å². The average molecular weight is 512 g/mol. The molecule has 2 N–H and O–H groups in total. The van der Waals surface area contributed by atoms with Crippen LogP contribution in [0.25, 0.3) is 0 Å². The molecule has 0 spiro atoms. The number of halogens is 2. The Morgan fingerprint density at radius 2 is 1.49 bits per heavy atom. The number of anilines is 2. The van der Waals surface area contributed by atoms with Crippen molar-refractivity contribution < 1.29 is 23.2 Å². The van der Waals surface area contributed by atoms with Gasteiger partial charge in [-0.3, -0.25) is 14.4 Å². The zero-order valence-corrected chi connectivity index (χ0v) is 20.6. The number of hydrogen-bond acceptors (Lipinski definition) is 5. The highest BCUT2D eigenvalue weighted by Crippen LogP contribution is 2.32. The predicted molar refractivity (Wildman–Crippen MR) is 136 cm³/mol. The smallest absolute Gasteiger partial charge is 0.255 e. The molecule has 0 bridgehead atoms. The number of carbonyl (C=O) groups excluding carboxylic acids is 3. The van der Waals surface area contributed by atoms with E-state index in [1.807, 2.05) is 4.90 Å². The van der Waals surface area contributed by atoms with Gasteiger partial charge in [0, 0.05) is 75.5 Å². The highest BCUT2D eigenvalue weighted by molar-refractivity contribution is 6.07. The molecule has 0 unspecified atom stereocenters. The van der Waals surface area contributed by atoms with Gasteiger partial charge in [-0.1, -0.05) is 6.42 Å². The minimum Gasteiger partial charge on any atom is -0.366 e. The standard InChI is InChI=1S/C27H31F2N5O3/c28-21-14-20(15-22(29)17-21)25(35)31-23-16-19(27(37)33-8-6-30-7-9-33)4-5-24(23)32-10-12-34(13-11-32)26(36)18-2-1-3-18/h4-5,14-18,30H,1-3,6-13H2,(H,31,35). The van der Waals surface area contributed by atoms with Gasteiger partial charge >= 0.3 is 0 Å². The Kier molecular flexibility index (Phi) is 7.36. The van der Waals surface area contributed by atoms with E-state index in [0.717, 1.165) is 31.4 Å². The summed E-state index contributed by atoms with van der Waals surface area (Å²) in [5, 5.41) is 5.99. The van der Waals surface area contributed by atoms with Gasteiger partial charge in [0.05, 0.1) is 11.4 Å². The molecule has 3 fully saturated rings. The van der Waals surface area contributed by atoms with Crippen molar-refractivity contribution in [1.82, 2.24) is 15.1 Å². The summed E-state index contributed by atoms with van der Waals surface area (Å²) in [7, 11) is 0. The van der Waals surface area contributed by atoms with Gasteiger partial charge in [0.2, 0.25) is 5.91 Å². The number of amides is 3. The second-order valence-electron chi connectivity index (χ2n) is 9.83. The maximum Gasteiger partial charge on any atom is 0.255 e. The summed E-state index contributed by atoms with van der Waals surface area (Å²) in [5.41, 5.74) is 1.34. The molecular weight excluding hydrogens is 480 g/mol. The minimum absolute atomic E-state index is 0.142. The largest absolute Gasteiger partial charge is 0.366 e. The molecule has 2 aromatic carbocycles. The number of rotatable bonds is 5. The van der Waals surface area contributed by atoms with Gasteiger partial charge in [-0.25, -0.2) is 8.78 Å². The Labute approximate surface area is 214 Å². The van der Waals surface area contributed by atoms with Crippen LogP contribution in [0.2, 0.25) is 0 Å². The molecule has 196 valence electrons. The first kappa shape index (κ1) is 25.1. The minimum atomic E-state index is -0.847. The third kappa shape index (κ3) is 5.58. The topological polar surface area (TPSA) is 85.0 Å². The van der Waals surface area contributed by atoms with Crippen LogP contribution in [-0.2, 0) is 4.79 Å². The van der Waals surface area contributed by atoms with Gasteiger partial charge in [0.1, 0.15) is 11.6 Å². The number of piperazine rings is 2. The zero-order valence-electron chi connectivity index (χ0n) is 20.6. The maximum absolute atomic E-state index is 13.7. The highest BCUT2D eigenvalue weighted by atomic mass is 19.1. The Bertz CT molecular complexity index is 1170. The van der Waals surface area contributed by atoms with E-state index >= 15 is 0 Å². The van der Waals surface area contributed by atoms with Crippen LogP contribution < -0.4 is 15.5 Å². The first-order valence-corrected chi connectivity index (χ1v) is 12.8. The second kappa shape index (κ2) is 10.8. The monoisotopic (exact) mass is 511 g/mol. The fraction of sp³-hybridized carbons (Fsp3) is 0.444. The SMILES string of the molecule is O=C(Nc1cc(C(=O)N2CCNCC2)ccc1N1CCN(C(=O)C2CCC2)CC1)c1cc(F)cc(F)c1. The van der Waals surface area contributed by atoms with Gasteiger partial charge in [0.25, 0.3) is 11.8 Å². The molecule has 0 aromatic heterocycles. The number of nitrogens with zero attached hydrogens (tertiary/aromatic N) is 3. The molecule has 2 aliphatic heterocycles. The van der Waals surface area contributed by atoms with E-state index in [1.54, 1.807) is 23.1 Å². The predicted octanol–water partition coefficient (Wildman–Crippen LogP) is 2.71. The third-order valence-corrected chi connectivity index (χ3v) is 7.41. The van der Waals surface area contributed by atoms with Crippen molar-refractivity contribution in [3.8, 4) is 0 Å². The summed E-state index contributed by atoms with van der Waals surface area (Å²) in [4.78, 5) is 44.5. The van der Waals surface area contributed by atoms with Crippen molar-refractivity contribution in [3.63, 3.8) is 0 Å². The second-order valence-corrected chi connectivity index (χ2v) is 9.83. The van der Waals surface area contributed by atoms with Gasteiger partial charge in [0.15, 0.2) is 0 Å². The van der Waals surface area contributed by atoms with Crippen LogP contribution >= 0.6 is 0 Å². The lowest BCUT2D eigenvalue weighted by atomic mass is 9.84. The lowest BCUT2D eigenvalue weighted by Crippen LogP contribution is -2.51. The molecule has 2 heterocycles. The van der Waals surface area contributed by atoms with E-state index in [0.29, 0.717) is 75.4 Å². The lowest BCUT2D eigenvalue weighted by molar-refractivity contribution is -0.138. The molecule has 3 aliphatic rings. The fourth-order valence-electron chi connectivity index (χ4n) is 5.06. The Balaban J connectivity index is 1.38. The van der Waals surface area contributed by atoms with Crippen molar-refractivity contribution in [2.24, 2.45) is 5.92 Å². The van der Waals surface area contributed by atoms with Gasteiger partial charge in [-0.15, -0.1) is 0 Å². The van der Waals surface area contributed by atoms with Crippen LogP contribution in [0, 0.1) is 17.6 Å². The summed E-state index contributed by atoms with van der Waals surface area (Å²) in [5.74, 6) is -2.16. The Morgan fingerprint density at radius 3 is 2.11 bits per heavy atom. The molecule has 1 saturated carbocycles. The van der Waals surface area contributed by atoms with Crippen molar-refractivity contribution in [2.75, 3.05) is 62.6 Å². The summed E-state index contributed by atoms with van der Waals surface area (Å²) in [6.07, 6.45) is 3.02.